The van der Waals surface area contributed by atoms with Crippen LogP contribution in [-0.4, -0.2) is 46.4 Å². The Morgan fingerprint density at radius 1 is 1.10 bits per heavy atom. The van der Waals surface area contributed by atoms with Crippen molar-refractivity contribution in [2.24, 2.45) is 17.8 Å². The number of rotatable bonds is 6. The average Bonchev–Trinajstić information content (AvgIpc) is 3.54. The van der Waals surface area contributed by atoms with Crippen molar-refractivity contribution in [3.63, 3.8) is 0 Å². The van der Waals surface area contributed by atoms with Crippen molar-refractivity contribution in [1.82, 2.24) is 10.2 Å². The van der Waals surface area contributed by atoms with Crippen molar-refractivity contribution in [3.05, 3.63) is 76.8 Å². The molecular weight excluding hydrogens is 514 g/mol. The second-order valence-corrected chi connectivity index (χ2v) is 12.0. The van der Waals surface area contributed by atoms with Gasteiger partial charge in [-0.2, -0.15) is 0 Å². The molecule has 0 aromatic heterocycles. The van der Waals surface area contributed by atoms with Gasteiger partial charge < -0.3 is 20.3 Å². The lowest BCUT2D eigenvalue weighted by Gasteiger charge is -2.36. The molecule has 6 rings (SSSR count). The minimum absolute atomic E-state index is 0.0529. The predicted molar refractivity (Wildman–Crippen MR) is 149 cm³/mol. The topological polar surface area (TPSA) is 87.7 Å². The molecule has 1 saturated carbocycles. The minimum atomic E-state index is -1.19. The van der Waals surface area contributed by atoms with E-state index in [9.17, 15) is 14.4 Å². The molecule has 8 heteroatoms. The summed E-state index contributed by atoms with van der Waals surface area (Å²) in [5.41, 5.74) is 1.36. The molecule has 7 atom stereocenters. The van der Waals surface area contributed by atoms with E-state index in [1.54, 1.807) is 17.0 Å². The fraction of sp³-hybridized carbons (Fsp3) is 0.452. The van der Waals surface area contributed by atoms with E-state index >= 15 is 0 Å². The van der Waals surface area contributed by atoms with Crippen molar-refractivity contribution >= 4 is 35.0 Å². The number of nitrogens with one attached hydrogen (secondary N) is 2. The average molecular weight is 548 g/mol. The van der Waals surface area contributed by atoms with Crippen LogP contribution in [0.25, 0.3) is 0 Å². The number of amides is 3. The summed E-state index contributed by atoms with van der Waals surface area (Å²) in [6.45, 7) is 4.35. The molecule has 2 aromatic rings. The summed E-state index contributed by atoms with van der Waals surface area (Å²) in [4.78, 5) is 43.4. The third-order valence-corrected chi connectivity index (χ3v) is 9.17. The fourth-order valence-corrected chi connectivity index (χ4v) is 7.09. The quantitative estimate of drug-likeness (QED) is 0.516. The molecule has 1 spiro atoms. The molecule has 204 valence electrons. The molecule has 2 saturated heterocycles. The maximum atomic E-state index is 14.2. The summed E-state index contributed by atoms with van der Waals surface area (Å²) < 4.78 is 6.47. The van der Waals surface area contributed by atoms with E-state index in [0.29, 0.717) is 16.6 Å². The number of fused-ring (bicyclic) bond motifs is 1. The number of halogens is 1. The van der Waals surface area contributed by atoms with Gasteiger partial charge in [0.2, 0.25) is 17.7 Å². The molecule has 2 N–H and O–H groups in total. The zero-order chi connectivity index (χ0) is 27.3. The van der Waals surface area contributed by atoms with Crippen LogP contribution in [0.3, 0.4) is 0 Å². The van der Waals surface area contributed by atoms with Crippen LogP contribution in [0.4, 0.5) is 5.69 Å². The first-order valence-electron chi connectivity index (χ1n) is 13.9. The summed E-state index contributed by atoms with van der Waals surface area (Å²) in [6, 6.07) is 14.0. The number of hydrogen-bond donors (Lipinski definition) is 2. The van der Waals surface area contributed by atoms with Crippen LogP contribution in [0.2, 0.25) is 5.02 Å². The molecule has 3 aliphatic heterocycles. The first-order valence-corrected chi connectivity index (χ1v) is 14.2. The minimum Gasteiger partial charge on any atom is -0.359 e. The van der Waals surface area contributed by atoms with E-state index in [2.05, 4.69) is 17.6 Å². The molecule has 3 heterocycles. The SMILES string of the molecule is Cc1cccc(NC(=O)C2C3C=CC4(O3)C2C(=O)N(Cc2ccc(Cl)cc2)C4C(=O)NC2CCCCC2C)c1. The maximum absolute atomic E-state index is 14.2. The Morgan fingerprint density at radius 2 is 1.87 bits per heavy atom. The van der Waals surface area contributed by atoms with Gasteiger partial charge in [-0.3, -0.25) is 14.4 Å². The van der Waals surface area contributed by atoms with Gasteiger partial charge in [0.1, 0.15) is 11.6 Å². The number of likely N-dealkylation sites (tertiary alicyclic amines) is 1. The molecule has 3 fully saturated rings. The monoisotopic (exact) mass is 547 g/mol. The number of anilines is 1. The van der Waals surface area contributed by atoms with E-state index < -0.39 is 29.6 Å². The van der Waals surface area contributed by atoms with Gasteiger partial charge in [-0.05, 0) is 61.1 Å². The second kappa shape index (κ2) is 10.1. The lowest BCUT2D eigenvalue weighted by atomic mass is 9.74. The highest BCUT2D eigenvalue weighted by Gasteiger charge is 2.72. The summed E-state index contributed by atoms with van der Waals surface area (Å²) >= 11 is 6.10. The Morgan fingerprint density at radius 3 is 2.62 bits per heavy atom. The maximum Gasteiger partial charge on any atom is 0.246 e. The summed E-state index contributed by atoms with van der Waals surface area (Å²) in [5.74, 6) is -1.89. The van der Waals surface area contributed by atoms with Crippen LogP contribution in [0.15, 0.2) is 60.7 Å². The first kappa shape index (κ1) is 26.1. The molecule has 39 heavy (non-hydrogen) atoms. The van der Waals surface area contributed by atoms with Gasteiger partial charge in [0.05, 0.1) is 17.9 Å². The Kier molecular flexibility index (Phi) is 6.76. The molecule has 7 nitrogen and oxygen atoms in total. The predicted octanol–water partition coefficient (Wildman–Crippen LogP) is 4.63. The second-order valence-electron chi connectivity index (χ2n) is 11.5. The van der Waals surface area contributed by atoms with Gasteiger partial charge in [-0.25, -0.2) is 0 Å². The van der Waals surface area contributed by atoms with Gasteiger partial charge >= 0.3 is 0 Å². The number of carbonyl (C=O) groups is 3. The number of aryl methyl sites for hydroxylation is 1. The Bertz CT molecular complexity index is 1330. The molecule has 1 aliphatic carbocycles. The number of nitrogens with zero attached hydrogens (tertiary/aromatic N) is 1. The van der Waals surface area contributed by atoms with E-state index in [0.717, 1.165) is 36.8 Å². The highest BCUT2D eigenvalue weighted by atomic mass is 35.5. The molecular formula is C31H34ClN3O4. The van der Waals surface area contributed by atoms with Crippen molar-refractivity contribution < 1.29 is 19.1 Å². The normalized spacial score (nSPS) is 32.8. The van der Waals surface area contributed by atoms with Gasteiger partial charge in [0.15, 0.2) is 0 Å². The van der Waals surface area contributed by atoms with E-state index in [1.165, 1.54) is 0 Å². The number of ether oxygens (including phenoxy) is 1. The van der Waals surface area contributed by atoms with Gasteiger partial charge in [-0.1, -0.05) is 67.8 Å². The van der Waals surface area contributed by atoms with Gasteiger partial charge in [-0.15, -0.1) is 0 Å². The zero-order valence-corrected chi connectivity index (χ0v) is 23.0. The van der Waals surface area contributed by atoms with Crippen LogP contribution in [-0.2, 0) is 25.7 Å². The Labute approximate surface area is 233 Å². The summed E-state index contributed by atoms with van der Waals surface area (Å²) in [6.07, 6.45) is 7.35. The number of benzene rings is 2. The largest absolute Gasteiger partial charge is 0.359 e. The van der Waals surface area contributed by atoms with Crippen LogP contribution in [0, 0.1) is 24.7 Å². The third-order valence-electron chi connectivity index (χ3n) is 8.92. The van der Waals surface area contributed by atoms with Crippen molar-refractivity contribution in [3.8, 4) is 0 Å². The smallest absolute Gasteiger partial charge is 0.246 e. The molecule has 2 aromatic carbocycles. The lowest BCUT2D eigenvalue weighted by Crippen LogP contribution is -2.57. The lowest BCUT2D eigenvalue weighted by molar-refractivity contribution is -0.142. The number of carbonyl (C=O) groups excluding carboxylic acids is 3. The van der Waals surface area contributed by atoms with E-state index in [4.69, 9.17) is 16.3 Å². The highest BCUT2D eigenvalue weighted by Crippen LogP contribution is 2.55. The molecule has 2 bridgehead atoms. The Hall–Kier alpha value is -3.16. The van der Waals surface area contributed by atoms with Crippen LogP contribution < -0.4 is 10.6 Å². The first-order chi connectivity index (χ1) is 18.8. The summed E-state index contributed by atoms with van der Waals surface area (Å²) in [7, 11) is 0. The molecule has 4 aliphatic rings. The van der Waals surface area contributed by atoms with Crippen molar-refractivity contribution in [1.29, 1.82) is 0 Å². The molecule has 0 radical (unpaired) electrons. The third kappa shape index (κ3) is 4.55. The zero-order valence-electron chi connectivity index (χ0n) is 22.2. The summed E-state index contributed by atoms with van der Waals surface area (Å²) in [5, 5.41) is 6.85. The van der Waals surface area contributed by atoms with Crippen molar-refractivity contribution in [2.75, 3.05) is 5.32 Å². The Balaban J connectivity index is 1.33. The number of hydrogen-bond acceptors (Lipinski definition) is 4. The standard InChI is InChI=1S/C31H34ClN3O4/c1-18-6-5-8-22(16-18)33-28(36)25-24-14-15-31(39-24)26(25)30(38)35(17-20-10-12-21(32)13-11-20)27(31)29(37)34-23-9-4-3-7-19(23)2/h5-6,8,10-16,19,23-27H,3-4,7,9,17H2,1-2H3,(H,33,36)(H,34,37). The fourth-order valence-electron chi connectivity index (χ4n) is 6.97. The van der Waals surface area contributed by atoms with E-state index in [1.807, 2.05) is 55.5 Å². The van der Waals surface area contributed by atoms with E-state index in [-0.39, 0.29) is 30.3 Å². The van der Waals surface area contributed by atoms with Gasteiger partial charge in [0, 0.05) is 23.3 Å². The van der Waals surface area contributed by atoms with Crippen LogP contribution in [0.5, 0.6) is 0 Å². The van der Waals surface area contributed by atoms with Crippen molar-refractivity contribution in [2.45, 2.75) is 69.9 Å². The van der Waals surface area contributed by atoms with Crippen LogP contribution in [0.1, 0.15) is 43.7 Å². The van der Waals surface area contributed by atoms with Gasteiger partial charge in [0.25, 0.3) is 0 Å². The van der Waals surface area contributed by atoms with Crippen LogP contribution >= 0.6 is 11.6 Å². The molecule has 3 amide bonds. The molecule has 7 unspecified atom stereocenters. The highest BCUT2D eigenvalue weighted by molar-refractivity contribution is 6.30.